The number of hydrogen-bond donors (Lipinski definition) is 1. The van der Waals surface area contributed by atoms with E-state index in [2.05, 4.69) is 10.3 Å². The Hall–Kier alpha value is -1.62. The number of nitrogens with one attached hydrogen (secondary N) is 1. The molecule has 1 amide bonds. The Kier molecular flexibility index (Phi) is 5.95. The second-order valence-corrected chi connectivity index (χ2v) is 4.85. The van der Waals surface area contributed by atoms with E-state index < -0.39 is 5.60 Å². The van der Waals surface area contributed by atoms with Crippen LogP contribution < -0.4 is 10.1 Å². The molecule has 0 radical (unpaired) electrons. The molecule has 0 aliphatic rings. The number of anilines is 1. The maximum absolute atomic E-state index is 12.3. The van der Waals surface area contributed by atoms with Gasteiger partial charge in [0.1, 0.15) is 5.60 Å². The largest absolute Gasteiger partial charge is 0.478 e. The average Bonchev–Trinajstić information content (AvgIpc) is 2.42. The number of pyridine rings is 1. The quantitative estimate of drug-likeness (QED) is 0.834. The van der Waals surface area contributed by atoms with E-state index in [1.54, 1.807) is 26.2 Å². The highest BCUT2D eigenvalue weighted by molar-refractivity contribution is 5.97. The van der Waals surface area contributed by atoms with Crippen molar-refractivity contribution in [3.63, 3.8) is 0 Å². The van der Waals surface area contributed by atoms with Crippen LogP contribution in [0, 0.1) is 6.92 Å². The molecule has 0 bridgehead atoms. The van der Waals surface area contributed by atoms with E-state index in [4.69, 9.17) is 9.47 Å². The number of hydrogen-bond acceptors (Lipinski definition) is 4. The molecule has 20 heavy (non-hydrogen) atoms. The summed E-state index contributed by atoms with van der Waals surface area (Å²) in [6, 6.07) is 3.54. The van der Waals surface area contributed by atoms with Crippen LogP contribution in [-0.4, -0.2) is 30.2 Å². The van der Waals surface area contributed by atoms with Crippen molar-refractivity contribution < 1.29 is 14.3 Å². The summed E-state index contributed by atoms with van der Waals surface area (Å²) < 4.78 is 10.7. The molecular weight excluding hydrogens is 256 g/mol. The van der Waals surface area contributed by atoms with Crippen molar-refractivity contribution in [2.45, 2.75) is 46.1 Å². The van der Waals surface area contributed by atoms with Gasteiger partial charge in [-0.05, 0) is 33.3 Å². The molecule has 1 aromatic rings. The fourth-order valence-electron chi connectivity index (χ4n) is 1.94. The second kappa shape index (κ2) is 7.24. The summed E-state index contributed by atoms with van der Waals surface area (Å²) in [4.78, 5) is 16.6. The minimum atomic E-state index is -0.820. The molecular formula is C15H24N2O3. The highest BCUT2D eigenvalue weighted by Crippen LogP contribution is 2.22. The summed E-state index contributed by atoms with van der Waals surface area (Å²) in [5.74, 6) is 0.405. The van der Waals surface area contributed by atoms with E-state index in [0.29, 0.717) is 24.6 Å². The lowest BCUT2D eigenvalue weighted by atomic mass is 9.99. The monoisotopic (exact) mass is 280 g/mol. The van der Waals surface area contributed by atoms with Gasteiger partial charge in [-0.15, -0.1) is 0 Å². The zero-order valence-electron chi connectivity index (χ0n) is 12.9. The number of amides is 1. The van der Waals surface area contributed by atoms with E-state index >= 15 is 0 Å². The molecule has 0 aliphatic carbocycles. The SMILES string of the molecule is CCCC(C)(OC)C(=O)Nc1ccc(OCC)nc1C. The van der Waals surface area contributed by atoms with Crippen LogP contribution in [0.25, 0.3) is 0 Å². The first-order valence-electron chi connectivity index (χ1n) is 6.93. The molecule has 1 heterocycles. The third kappa shape index (κ3) is 3.93. The summed E-state index contributed by atoms with van der Waals surface area (Å²) in [5.41, 5.74) is 0.580. The number of rotatable bonds is 7. The molecule has 1 unspecified atom stereocenters. The Morgan fingerprint density at radius 2 is 2.10 bits per heavy atom. The lowest BCUT2D eigenvalue weighted by Gasteiger charge is -2.26. The van der Waals surface area contributed by atoms with E-state index in [0.717, 1.165) is 12.1 Å². The zero-order chi connectivity index (χ0) is 15.2. The molecule has 0 spiro atoms. The maximum atomic E-state index is 12.3. The molecule has 5 nitrogen and oxygen atoms in total. The van der Waals surface area contributed by atoms with Crippen LogP contribution in [0.3, 0.4) is 0 Å². The van der Waals surface area contributed by atoms with E-state index in [1.807, 2.05) is 20.8 Å². The first kappa shape index (κ1) is 16.4. The first-order valence-corrected chi connectivity index (χ1v) is 6.93. The molecule has 0 saturated heterocycles. The third-order valence-electron chi connectivity index (χ3n) is 3.26. The highest BCUT2D eigenvalue weighted by Gasteiger charge is 2.32. The predicted molar refractivity (Wildman–Crippen MR) is 79.1 cm³/mol. The number of aromatic nitrogens is 1. The normalized spacial score (nSPS) is 13.7. The van der Waals surface area contributed by atoms with Crippen molar-refractivity contribution in [2.24, 2.45) is 0 Å². The molecule has 1 atom stereocenters. The van der Waals surface area contributed by atoms with Gasteiger partial charge in [-0.1, -0.05) is 13.3 Å². The molecule has 0 fully saturated rings. The Bertz CT molecular complexity index is 462. The van der Waals surface area contributed by atoms with Gasteiger partial charge in [0, 0.05) is 13.2 Å². The van der Waals surface area contributed by atoms with Gasteiger partial charge in [-0.3, -0.25) is 4.79 Å². The van der Waals surface area contributed by atoms with Gasteiger partial charge in [0.05, 0.1) is 18.0 Å². The lowest BCUT2D eigenvalue weighted by molar-refractivity contribution is -0.136. The fraction of sp³-hybridized carbons (Fsp3) is 0.600. The highest BCUT2D eigenvalue weighted by atomic mass is 16.5. The molecule has 0 aliphatic heterocycles. The molecule has 1 rings (SSSR count). The summed E-state index contributed by atoms with van der Waals surface area (Å²) in [5, 5.41) is 2.87. The topological polar surface area (TPSA) is 60.5 Å². The minimum absolute atomic E-state index is 0.157. The Labute approximate surface area is 120 Å². The number of aryl methyl sites for hydroxylation is 1. The number of methoxy groups -OCH3 is 1. The van der Waals surface area contributed by atoms with E-state index in [-0.39, 0.29) is 5.91 Å². The minimum Gasteiger partial charge on any atom is -0.478 e. The molecule has 1 aromatic heterocycles. The Balaban J connectivity index is 2.85. The summed E-state index contributed by atoms with van der Waals surface area (Å²) in [6.07, 6.45) is 1.54. The van der Waals surface area contributed by atoms with Gasteiger partial charge in [0.25, 0.3) is 5.91 Å². The van der Waals surface area contributed by atoms with Crippen molar-refractivity contribution in [2.75, 3.05) is 19.0 Å². The van der Waals surface area contributed by atoms with Gasteiger partial charge >= 0.3 is 0 Å². The van der Waals surface area contributed by atoms with Crippen LogP contribution in [-0.2, 0) is 9.53 Å². The van der Waals surface area contributed by atoms with Crippen molar-refractivity contribution in [1.82, 2.24) is 4.98 Å². The Morgan fingerprint density at radius 1 is 1.40 bits per heavy atom. The van der Waals surface area contributed by atoms with Gasteiger partial charge < -0.3 is 14.8 Å². The number of carbonyl (C=O) groups is 1. The fourth-order valence-corrected chi connectivity index (χ4v) is 1.94. The summed E-state index contributed by atoms with van der Waals surface area (Å²) >= 11 is 0. The van der Waals surface area contributed by atoms with Gasteiger partial charge in [-0.25, -0.2) is 4.98 Å². The molecule has 1 N–H and O–H groups in total. The van der Waals surface area contributed by atoms with Gasteiger partial charge in [0.2, 0.25) is 5.88 Å². The molecule has 112 valence electrons. The van der Waals surface area contributed by atoms with Crippen molar-refractivity contribution in [3.8, 4) is 5.88 Å². The van der Waals surface area contributed by atoms with Crippen molar-refractivity contribution in [1.29, 1.82) is 0 Å². The maximum Gasteiger partial charge on any atom is 0.256 e. The van der Waals surface area contributed by atoms with Gasteiger partial charge in [-0.2, -0.15) is 0 Å². The average molecular weight is 280 g/mol. The standard InChI is InChI=1S/C15H24N2O3/c1-6-10-15(4,19-5)14(18)17-12-8-9-13(20-7-2)16-11(12)3/h8-9H,6-7,10H2,1-5H3,(H,17,18). The van der Waals surface area contributed by atoms with Crippen LogP contribution in [0.5, 0.6) is 5.88 Å². The van der Waals surface area contributed by atoms with Crippen molar-refractivity contribution >= 4 is 11.6 Å². The van der Waals surface area contributed by atoms with Crippen LogP contribution in [0.4, 0.5) is 5.69 Å². The van der Waals surface area contributed by atoms with E-state index in [9.17, 15) is 4.79 Å². The number of ether oxygens (including phenoxy) is 2. The lowest BCUT2D eigenvalue weighted by Crippen LogP contribution is -2.42. The van der Waals surface area contributed by atoms with Crippen LogP contribution in [0.1, 0.15) is 39.3 Å². The smallest absolute Gasteiger partial charge is 0.256 e. The second-order valence-electron chi connectivity index (χ2n) is 4.85. The zero-order valence-corrected chi connectivity index (χ0v) is 12.9. The van der Waals surface area contributed by atoms with Crippen LogP contribution >= 0.6 is 0 Å². The number of nitrogens with zero attached hydrogens (tertiary/aromatic N) is 1. The Morgan fingerprint density at radius 3 is 2.60 bits per heavy atom. The molecule has 0 aromatic carbocycles. The third-order valence-corrected chi connectivity index (χ3v) is 3.26. The molecule has 0 saturated carbocycles. The first-order chi connectivity index (χ1) is 9.46. The summed E-state index contributed by atoms with van der Waals surface area (Å²) in [6.45, 7) is 8.12. The number of carbonyl (C=O) groups excluding carboxylic acids is 1. The summed E-state index contributed by atoms with van der Waals surface area (Å²) in [7, 11) is 1.55. The molecule has 5 heteroatoms. The van der Waals surface area contributed by atoms with Crippen molar-refractivity contribution in [3.05, 3.63) is 17.8 Å². The van der Waals surface area contributed by atoms with Crippen LogP contribution in [0.15, 0.2) is 12.1 Å². The van der Waals surface area contributed by atoms with E-state index in [1.165, 1.54) is 0 Å². The predicted octanol–water partition coefficient (Wildman–Crippen LogP) is 2.93. The van der Waals surface area contributed by atoms with Crippen LogP contribution in [0.2, 0.25) is 0 Å². The van der Waals surface area contributed by atoms with Gasteiger partial charge in [0.15, 0.2) is 0 Å².